The fourth-order valence-electron chi connectivity index (χ4n) is 1.86. The van der Waals surface area contributed by atoms with Crippen LogP contribution in [-0.2, 0) is 0 Å². The fraction of sp³-hybridized carbons (Fsp3) is 0.333. The lowest BCUT2D eigenvalue weighted by atomic mass is 10.1. The second kappa shape index (κ2) is 6.21. The largest absolute Gasteiger partial charge is 0.494 e. The first-order valence-electron chi connectivity index (χ1n) is 6.12. The fourth-order valence-corrected chi connectivity index (χ4v) is 2.23. The zero-order valence-electron chi connectivity index (χ0n) is 10.8. The lowest BCUT2D eigenvalue weighted by Crippen LogP contribution is -2.15. The van der Waals surface area contributed by atoms with E-state index in [1.807, 2.05) is 6.07 Å². The first kappa shape index (κ1) is 13.4. The third kappa shape index (κ3) is 3.72. The van der Waals surface area contributed by atoms with Crippen LogP contribution in [0.3, 0.4) is 0 Å². The number of nitrogens with zero attached hydrogens (tertiary/aromatic N) is 1. The molecule has 0 N–H and O–H groups in total. The first-order chi connectivity index (χ1) is 8.65. The molecule has 0 bridgehead atoms. The predicted octanol–water partition coefficient (Wildman–Crippen LogP) is 3.93. The Kier molecular flexibility index (Phi) is 4.61. The molecule has 0 aliphatic carbocycles. The predicted molar refractivity (Wildman–Crippen MR) is 80.3 cm³/mol. The molecule has 0 aliphatic rings. The smallest absolute Gasteiger partial charge is 0.119 e. The molecule has 0 atom stereocenters. The maximum atomic E-state index is 5.76. The van der Waals surface area contributed by atoms with Gasteiger partial charge in [0.1, 0.15) is 5.75 Å². The van der Waals surface area contributed by atoms with Crippen molar-refractivity contribution in [3.8, 4) is 5.75 Å². The maximum absolute atomic E-state index is 5.76. The summed E-state index contributed by atoms with van der Waals surface area (Å²) in [6.45, 7) is 1.82. The summed E-state index contributed by atoms with van der Waals surface area (Å²) in [5.74, 6) is 0.948. The SMILES string of the molecule is CN(C)CCCOc1ccc2cc(Br)ccc2c1. The van der Waals surface area contributed by atoms with Crippen LogP contribution in [0, 0.1) is 0 Å². The Morgan fingerprint density at radius 3 is 2.56 bits per heavy atom. The number of halogens is 1. The third-order valence-corrected chi connectivity index (χ3v) is 3.29. The van der Waals surface area contributed by atoms with Gasteiger partial charge >= 0.3 is 0 Å². The summed E-state index contributed by atoms with van der Waals surface area (Å²) >= 11 is 3.48. The molecule has 0 amide bonds. The molecule has 0 heterocycles. The zero-order chi connectivity index (χ0) is 13.0. The molecule has 0 spiro atoms. The number of hydrogen-bond donors (Lipinski definition) is 0. The molecule has 2 aromatic rings. The minimum atomic E-state index is 0.764. The van der Waals surface area contributed by atoms with Crippen LogP contribution in [0.1, 0.15) is 6.42 Å². The molecule has 0 fully saturated rings. The molecule has 0 aliphatic heterocycles. The molecule has 2 rings (SSSR count). The number of hydrogen-bond acceptors (Lipinski definition) is 2. The lowest BCUT2D eigenvalue weighted by Gasteiger charge is -2.10. The molecule has 0 saturated carbocycles. The van der Waals surface area contributed by atoms with Crippen molar-refractivity contribution in [3.63, 3.8) is 0 Å². The Bertz CT molecular complexity index is 525. The molecule has 2 nitrogen and oxygen atoms in total. The minimum Gasteiger partial charge on any atom is -0.494 e. The van der Waals surface area contributed by atoms with Crippen molar-refractivity contribution < 1.29 is 4.74 Å². The van der Waals surface area contributed by atoms with E-state index in [-0.39, 0.29) is 0 Å². The summed E-state index contributed by atoms with van der Waals surface area (Å²) in [5.41, 5.74) is 0. The van der Waals surface area contributed by atoms with Crippen LogP contribution in [0.5, 0.6) is 5.75 Å². The van der Waals surface area contributed by atoms with E-state index in [0.29, 0.717) is 0 Å². The van der Waals surface area contributed by atoms with Gasteiger partial charge in [-0.2, -0.15) is 0 Å². The second-order valence-electron chi connectivity index (χ2n) is 4.66. The Morgan fingerprint density at radius 1 is 1.06 bits per heavy atom. The zero-order valence-corrected chi connectivity index (χ0v) is 12.4. The summed E-state index contributed by atoms with van der Waals surface area (Å²) in [7, 11) is 4.15. The molecule has 3 heteroatoms. The van der Waals surface area contributed by atoms with Crippen molar-refractivity contribution in [1.29, 1.82) is 0 Å². The average Bonchev–Trinajstić information content (AvgIpc) is 2.34. The topological polar surface area (TPSA) is 12.5 Å². The van der Waals surface area contributed by atoms with E-state index >= 15 is 0 Å². The van der Waals surface area contributed by atoms with Crippen molar-refractivity contribution in [2.75, 3.05) is 27.2 Å². The van der Waals surface area contributed by atoms with E-state index in [2.05, 4.69) is 65.3 Å². The highest BCUT2D eigenvalue weighted by atomic mass is 79.9. The van der Waals surface area contributed by atoms with Crippen molar-refractivity contribution in [3.05, 3.63) is 40.9 Å². The van der Waals surface area contributed by atoms with E-state index in [4.69, 9.17) is 4.74 Å². The van der Waals surface area contributed by atoms with Crippen LogP contribution in [-0.4, -0.2) is 32.1 Å². The van der Waals surface area contributed by atoms with Crippen LogP contribution in [0.25, 0.3) is 10.8 Å². The van der Waals surface area contributed by atoms with Gasteiger partial charge in [0.2, 0.25) is 0 Å². The van der Waals surface area contributed by atoms with E-state index < -0.39 is 0 Å². The van der Waals surface area contributed by atoms with Gasteiger partial charge in [-0.1, -0.05) is 28.1 Å². The van der Waals surface area contributed by atoms with Crippen LogP contribution in [0.15, 0.2) is 40.9 Å². The Balaban J connectivity index is 1.99. The van der Waals surface area contributed by atoms with Gasteiger partial charge in [0.25, 0.3) is 0 Å². The highest BCUT2D eigenvalue weighted by Crippen LogP contribution is 2.24. The van der Waals surface area contributed by atoms with Crippen LogP contribution >= 0.6 is 15.9 Å². The van der Waals surface area contributed by atoms with Gasteiger partial charge in [0, 0.05) is 11.0 Å². The quantitative estimate of drug-likeness (QED) is 0.776. The maximum Gasteiger partial charge on any atom is 0.119 e. The average molecular weight is 308 g/mol. The first-order valence-corrected chi connectivity index (χ1v) is 6.91. The van der Waals surface area contributed by atoms with Gasteiger partial charge in [-0.25, -0.2) is 0 Å². The van der Waals surface area contributed by atoms with E-state index in [0.717, 1.165) is 29.8 Å². The minimum absolute atomic E-state index is 0.764. The highest BCUT2D eigenvalue weighted by molar-refractivity contribution is 9.10. The molecule has 96 valence electrons. The van der Waals surface area contributed by atoms with Crippen LogP contribution in [0.4, 0.5) is 0 Å². The molecule has 2 aromatic carbocycles. The number of rotatable bonds is 5. The molecular weight excluding hydrogens is 290 g/mol. The number of benzene rings is 2. The van der Waals surface area contributed by atoms with Gasteiger partial charge in [-0.05, 0) is 55.6 Å². The van der Waals surface area contributed by atoms with Crippen LogP contribution in [0.2, 0.25) is 0 Å². The normalized spacial score (nSPS) is 11.1. The van der Waals surface area contributed by atoms with Gasteiger partial charge in [0.15, 0.2) is 0 Å². The molecule has 0 radical (unpaired) electrons. The Morgan fingerprint density at radius 2 is 1.78 bits per heavy atom. The van der Waals surface area contributed by atoms with Gasteiger partial charge in [-0.15, -0.1) is 0 Å². The molecular formula is C15H18BrNO. The summed E-state index contributed by atoms with van der Waals surface area (Å²) < 4.78 is 6.86. The van der Waals surface area contributed by atoms with Crippen molar-refractivity contribution in [2.24, 2.45) is 0 Å². The van der Waals surface area contributed by atoms with Gasteiger partial charge in [0.05, 0.1) is 6.61 Å². The summed E-state index contributed by atoms with van der Waals surface area (Å²) in [6, 6.07) is 12.5. The lowest BCUT2D eigenvalue weighted by molar-refractivity contribution is 0.282. The molecule has 0 unspecified atom stereocenters. The number of ether oxygens (including phenoxy) is 1. The van der Waals surface area contributed by atoms with Crippen molar-refractivity contribution >= 4 is 26.7 Å². The van der Waals surface area contributed by atoms with Gasteiger partial charge < -0.3 is 9.64 Å². The third-order valence-electron chi connectivity index (χ3n) is 2.79. The molecule has 18 heavy (non-hydrogen) atoms. The molecule has 0 aromatic heterocycles. The molecule has 0 saturated heterocycles. The van der Waals surface area contributed by atoms with E-state index in [9.17, 15) is 0 Å². The Hall–Kier alpha value is -1.06. The standard InChI is InChI=1S/C15H18BrNO/c1-17(2)8-3-9-18-15-7-5-12-10-14(16)6-4-13(12)11-15/h4-7,10-11H,3,8-9H2,1-2H3. The Labute approximate surface area is 117 Å². The number of fused-ring (bicyclic) bond motifs is 1. The van der Waals surface area contributed by atoms with E-state index in [1.165, 1.54) is 10.8 Å². The van der Waals surface area contributed by atoms with Crippen molar-refractivity contribution in [1.82, 2.24) is 4.90 Å². The highest BCUT2D eigenvalue weighted by Gasteiger charge is 1.99. The summed E-state index contributed by atoms with van der Waals surface area (Å²) in [6.07, 6.45) is 1.05. The monoisotopic (exact) mass is 307 g/mol. The van der Waals surface area contributed by atoms with E-state index in [1.54, 1.807) is 0 Å². The van der Waals surface area contributed by atoms with Crippen LogP contribution < -0.4 is 4.74 Å². The van der Waals surface area contributed by atoms with Gasteiger partial charge in [-0.3, -0.25) is 0 Å². The second-order valence-corrected chi connectivity index (χ2v) is 5.57. The summed E-state index contributed by atoms with van der Waals surface area (Å²) in [5, 5.41) is 2.44. The summed E-state index contributed by atoms with van der Waals surface area (Å²) in [4.78, 5) is 2.17. The van der Waals surface area contributed by atoms with Crippen molar-refractivity contribution in [2.45, 2.75) is 6.42 Å².